The van der Waals surface area contributed by atoms with Crippen LogP contribution in [0, 0.1) is 0 Å². The number of benzene rings is 1. The van der Waals surface area contributed by atoms with Gasteiger partial charge in [0.1, 0.15) is 0 Å². The average molecular weight is 335 g/mol. The molecule has 0 fully saturated rings. The molecule has 1 aromatic rings. The molecule has 0 saturated carbocycles. The molecule has 1 N–H and O–H groups in total. The molecule has 0 aromatic heterocycles. The molecule has 0 aliphatic carbocycles. The lowest BCUT2D eigenvalue weighted by Gasteiger charge is -2.27. The van der Waals surface area contributed by atoms with E-state index in [1.807, 2.05) is 13.8 Å². The zero-order valence-electron chi connectivity index (χ0n) is 10.5. The van der Waals surface area contributed by atoms with Gasteiger partial charge in [-0.3, -0.25) is 4.79 Å². The normalized spacial score (nSPS) is 10.8. The van der Waals surface area contributed by atoms with Gasteiger partial charge in [-0.2, -0.15) is 0 Å². The van der Waals surface area contributed by atoms with Crippen LogP contribution in [0.15, 0.2) is 22.7 Å². The lowest BCUT2D eigenvalue weighted by Crippen LogP contribution is -2.38. The van der Waals surface area contributed by atoms with E-state index < -0.39 is 0 Å². The Kier molecular flexibility index (Phi) is 6.12. The fourth-order valence-electron chi connectivity index (χ4n) is 1.65. The molecule has 0 spiro atoms. The van der Waals surface area contributed by atoms with Crippen molar-refractivity contribution >= 4 is 33.4 Å². The van der Waals surface area contributed by atoms with Crippen LogP contribution in [0.4, 0.5) is 0 Å². The maximum absolute atomic E-state index is 12.4. The highest BCUT2D eigenvalue weighted by molar-refractivity contribution is 9.10. The summed E-state index contributed by atoms with van der Waals surface area (Å²) in [6.45, 7) is 4.49. The van der Waals surface area contributed by atoms with Crippen molar-refractivity contribution in [1.82, 2.24) is 4.90 Å². The minimum absolute atomic E-state index is 0.0729. The van der Waals surface area contributed by atoms with Crippen molar-refractivity contribution in [1.29, 1.82) is 0 Å². The van der Waals surface area contributed by atoms with Gasteiger partial charge in [0, 0.05) is 23.7 Å². The molecule has 0 aliphatic heterocycles. The molecule has 3 nitrogen and oxygen atoms in total. The van der Waals surface area contributed by atoms with Crippen LogP contribution in [0.25, 0.3) is 0 Å². The Morgan fingerprint density at radius 2 is 2.17 bits per heavy atom. The smallest absolute Gasteiger partial charge is 0.255 e. The molecule has 0 heterocycles. The van der Waals surface area contributed by atoms with E-state index in [4.69, 9.17) is 16.7 Å². The molecule has 1 rings (SSSR count). The van der Waals surface area contributed by atoms with E-state index in [1.165, 1.54) is 0 Å². The largest absolute Gasteiger partial charge is 0.396 e. The number of rotatable bonds is 5. The third kappa shape index (κ3) is 3.97. The molecular weight excluding hydrogens is 318 g/mol. The monoisotopic (exact) mass is 333 g/mol. The first-order valence-corrected chi connectivity index (χ1v) is 7.01. The van der Waals surface area contributed by atoms with Crippen LogP contribution >= 0.6 is 27.5 Å². The van der Waals surface area contributed by atoms with Crippen LogP contribution < -0.4 is 0 Å². The summed E-state index contributed by atoms with van der Waals surface area (Å²) < 4.78 is 0.843. The maximum atomic E-state index is 12.4. The third-order valence-corrected chi connectivity index (χ3v) is 3.41. The molecule has 1 aromatic carbocycles. The molecule has 0 saturated heterocycles. The second-order valence-electron chi connectivity index (χ2n) is 4.29. The summed E-state index contributed by atoms with van der Waals surface area (Å²) in [5.74, 6) is -0.101. The molecule has 0 bridgehead atoms. The van der Waals surface area contributed by atoms with Crippen molar-refractivity contribution in [2.24, 2.45) is 0 Å². The SMILES string of the molecule is CC(C)N(CCCO)C(=O)c1ccc(Br)cc1Cl. The molecule has 18 heavy (non-hydrogen) atoms. The standard InChI is InChI=1S/C13H17BrClNO2/c1-9(2)16(6-3-7-17)13(18)11-5-4-10(14)8-12(11)15/h4-5,8-9,17H,3,6-7H2,1-2H3. The van der Waals surface area contributed by atoms with E-state index in [1.54, 1.807) is 23.1 Å². The Morgan fingerprint density at radius 1 is 1.50 bits per heavy atom. The highest BCUT2D eigenvalue weighted by Gasteiger charge is 2.20. The highest BCUT2D eigenvalue weighted by atomic mass is 79.9. The number of carbonyl (C=O) groups is 1. The minimum atomic E-state index is -0.101. The molecule has 0 radical (unpaired) electrons. The Labute approximate surface area is 121 Å². The molecule has 0 aliphatic rings. The molecule has 1 amide bonds. The van der Waals surface area contributed by atoms with Crippen LogP contribution in [0.1, 0.15) is 30.6 Å². The number of carbonyl (C=O) groups excluding carboxylic acids is 1. The van der Waals surface area contributed by atoms with Crippen molar-refractivity contribution in [2.75, 3.05) is 13.2 Å². The van der Waals surface area contributed by atoms with Crippen LogP contribution in [-0.2, 0) is 0 Å². The van der Waals surface area contributed by atoms with E-state index in [0.29, 0.717) is 23.6 Å². The second kappa shape index (κ2) is 7.12. The summed E-state index contributed by atoms with van der Waals surface area (Å²) in [5.41, 5.74) is 0.492. The van der Waals surface area contributed by atoms with E-state index in [-0.39, 0.29) is 18.6 Å². The Hall–Kier alpha value is -0.580. The first-order valence-electron chi connectivity index (χ1n) is 5.84. The van der Waals surface area contributed by atoms with Crippen LogP contribution in [0.5, 0.6) is 0 Å². The van der Waals surface area contributed by atoms with Gasteiger partial charge < -0.3 is 10.0 Å². The number of aliphatic hydroxyl groups excluding tert-OH is 1. The van der Waals surface area contributed by atoms with Crippen molar-refractivity contribution in [3.63, 3.8) is 0 Å². The van der Waals surface area contributed by atoms with Crippen molar-refractivity contribution in [3.8, 4) is 0 Å². The number of aliphatic hydroxyl groups is 1. The summed E-state index contributed by atoms with van der Waals surface area (Å²) in [6, 6.07) is 5.29. The fraction of sp³-hybridized carbons (Fsp3) is 0.462. The molecule has 0 unspecified atom stereocenters. The van der Waals surface area contributed by atoms with Gasteiger partial charge in [0.15, 0.2) is 0 Å². The third-order valence-electron chi connectivity index (χ3n) is 2.60. The van der Waals surface area contributed by atoms with Gasteiger partial charge in [0.25, 0.3) is 5.91 Å². The van der Waals surface area contributed by atoms with E-state index in [2.05, 4.69) is 15.9 Å². The average Bonchev–Trinajstić information content (AvgIpc) is 2.28. The zero-order valence-corrected chi connectivity index (χ0v) is 12.8. The van der Waals surface area contributed by atoms with Crippen molar-refractivity contribution in [2.45, 2.75) is 26.3 Å². The molecule has 0 atom stereocenters. The van der Waals surface area contributed by atoms with Gasteiger partial charge in [-0.1, -0.05) is 27.5 Å². The highest BCUT2D eigenvalue weighted by Crippen LogP contribution is 2.23. The molecular formula is C13H17BrClNO2. The summed E-state index contributed by atoms with van der Waals surface area (Å²) in [5, 5.41) is 9.30. The maximum Gasteiger partial charge on any atom is 0.255 e. The van der Waals surface area contributed by atoms with E-state index in [9.17, 15) is 4.79 Å². The van der Waals surface area contributed by atoms with Gasteiger partial charge in [-0.15, -0.1) is 0 Å². The summed E-state index contributed by atoms with van der Waals surface area (Å²) in [6.07, 6.45) is 0.568. The quantitative estimate of drug-likeness (QED) is 0.897. The van der Waals surface area contributed by atoms with Crippen molar-refractivity contribution in [3.05, 3.63) is 33.3 Å². The van der Waals surface area contributed by atoms with Gasteiger partial charge in [0.2, 0.25) is 0 Å². The number of hydrogen-bond donors (Lipinski definition) is 1. The Morgan fingerprint density at radius 3 is 2.67 bits per heavy atom. The first-order chi connectivity index (χ1) is 8.47. The molecule has 100 valence electrons. The number of halogens is 2. The zero-order chi connectivity index (χ0) is 13.7. The summed E-state index contributed by atoms with van der Waals surface area (Å²) >= 11 is 9.39. The van der Waals surface area contributed by atoms with Crippen molar-refractivity contribution < 1.29 is 9.90 Å². The Bertz CT molecular complexity index is 423. The van der Waals surface area contributed by atoms with Crippen LogP contribution in [-0.4, -0.2) is 35.1 Å². The van der Waals surface area contributed by atoms with Crippen LogP contribution in [0.2, 0.25) is 5.02 Å². The second-order valence-corrected chi connectivity index (χ2v) is 5.62. The fourth-order valence-corrected chi connectivity index (χ4v) is 2.41. The lowest BCUT2D eigenvalue weighted by atomic mass is 10.1. The number of hydrogen-bond acceptors (Lipinski definition) is 2. The lowest BCUT2D eigenvalue weighted by molar-refractivity contribution is 0.0693. The van der Waals surface area contributed by atoms with Crippen LogP contribution in [0.3, 0.4) is 0 Å². The number of amides is 1. The first kappa shape index (κ1) is 15.5. The Balaban J connectivity index is 2.94. The predicted molar refractivity (Wildman–Crippen MR) is 77.0 cm³/mol. The summed E-state index contributed by atoms with van der Waals surface area (Å²) in [7, 11) is 0. The van der Waals surface area contributed by atoms with Gasteiger partial charge in [0.05, 0.1) is 10.6 Å². The molecule has 5 heteroatoms. The number of nitrogens with zero attached hydrogens (tertiary/aromatic N) is 1. The predicted octanol–water partition coefficient (Wildman–Crippen LogP) is 3.34. The van der Waals surface area contributed by atoms with E-state index in [0.717, 1.165) is 4.47 Å². The van der Waals surface area contributed by atoms with Gasteiger partial charge >= 0.3 is 0 Å². The van der Waals surface area contributed by atoms with Gasteiger partial charge in [-0.05, 0) is 38.5 Å². The summed E-state index contributed by atoms with van der Waals surface area (Å²) in [4.78, 5) is 14.1. The topological polar surface area (TPSA) is 40.5 Å². The minimum Gasteiger partial charge on any atom is -0.396 e. The van der Waals surface area contributed by atoms with Gasteiger partial charge in [-0.25, -0.2) is 0 Å². The van der Waals surface area contributed by atoms with E-state index >= 15 is 0 Å².